The molecule has 1 unspecified atom stereocenters. The van der Waals surface area contributed by atoms with Crippen molar-refractivity contribution >= 4 is 5.97 Å². The van der Waals surface area contributed by atoms with Crippen molar-refractivity contribution in [2.45, 2.75) is 64.6 Å². The quantitative estimate of drug-likeness (QED) is 0.255. The van der Waals surface area contributed by atoms with Crippen LogP contribution in [0.3, 0.4) is 0 Å². The van der Waals surface area contributed by atoms with Crippen LogP contribution in [0.4, 0.5) is 0 Å². The van der Waals surface area contributed by atoms with Crippen LogP contribution in [0.2, 0.25) is 0 Å². The Hall–Kier alpha value is -2.94. The predicted octanol–water partition coefficient (Wildman–Crippen LogP) is 4.14. The lowest BCUT2D eigenvalue weighted by Crippen LogP contribution is -2.61. The van der Waals surface area contributed by atoms with E-state index in [-0.39, 0.29) is 13.2 Å². The van der Waals surface area contributed by atoms with E-state index in [0.29, 0.717) is 0 Å². The van der Waals surface area contributed by atoms with Crippen molar-refractivity contribution in [3.8, 4) is 0 Å². The van der Waals surface area contributed by atoms with Gasteiger partial charge in [-0.2, -0.15) is 0 Å². The SMILES string of the molecule is CC(C)(C)C(=O)O[C@H]1[C@H](OCc2ccccc2)[C@@H](OCc2ccccc2)C(N=[N+]=[N-])O[C@@H]1CO. The molecule has 5 atom stereocenters. The highest BCUT2D eigenvalue weighted by molar-refractivity contribution is 5.75. The summed E-state index contributed by atoms with van der Waals surface area (Å²) in [5.41, 5.74) is 10.1. The maximum absolute atomic E-state index is 12.8. The highest BCUT2D eigenvalue weighted by Gasteiger charge is 2.50. The van der Waals surface area contributed by atoms with Crippen molar-refractivity contribution in [3.63, 3.8) is 0 Å². The van der Waals surface area contributed by atoms with Gasteiger partial charge in [0.15, 0.2) is 12.3 Å². The van der Waals surface area contributed by atoms with Crippen LogP contribution in [-0.4, -0.2) is 48.3 Å². The monoisotopic (exact) mass is 469 g/mol. The minimum Gasteiger partial charge on any atom is -0.456 e. The third-order valence-corrected chi connectivity index (χ3v) is 5.38. The molecule has 34 heavy (non-hydrogen) atoms. The van der Waals surface area contributed by atoms with Gasteiger partial charge in [0.1, 0.15) is 18.3 Å². The zero-order chi connectivity index (χ0) is 24.6. The molecule has 182 valence electrons. The number of carbonyl (C=O) groups excluding carboxylic acids is 1. The Balaban J connectivity index is 1.92. The first-order chi connectivity index (χ1) is 16.3. The van der Waals surface area contributed by atoms with Crippen LogP contribution in [0.1, 0.15) is 31.9 Å². The summed E-state index contributed by atoms with van der Waals surface area (Å²) in [7, 11) is 0. The Labute approximate surface area is 199 Å². The Morgan fingerprint density at radius 1 is 0.971 bits per heavy atom. The summed E-state index contributed by atoms with van der Waals surface area (Å²) in [6, 6.07) is 19.0. The summed E-state index contributed by atoms with van der Waals surface area (Å²) < 4.78 is 24.0. The van der Waals surface area contributed by atoms with Gasteiger partial charge in [-0.05, 0) is 37.4 Å². The number of hydrogen-bond acceptors (Lipinski definition) is 7. The van der Waals surface area contributed by atoms with Gasteiger partial charge in [-0.3, -0.25) is 4.79 Å². The average molecular weight is 470 g/mol. The molecule has 1 aliphatic rings. The Morgan fingerprint density at radius 2 is 1.50 bits per heavy atom. The van der Waals surface area contributed by atoms with Gasteiger partial charge >= 0.3 is 5.97 Å². The van der Waals surface area contributed by atoms with Crippen molar-refractivity contribution in [2.75, 3.05) is 6.61 Å². The molecule has 9 nitrogen and oxygen atoms in total. The topological polar surface area (TPSA) is 123 Å². The Kier molecular flexibility index (Phi) is 9.04. The first-order valence-electron chi connectivity index (χ1n) is 11.2. The van der Waals surface area contributed by atoms with E-state index in [1.54, 1.807) is 20.8 Å². The van der Waals surface area contributed by atoms with Crippen LogP contribution in [0.15, 0.2) is 65.8 Å². The normalized spacial score (nSPS) is 24.8. The molecular weight excluding hydrogens is 438 g/mol. The number of aliphatic hydroxyl groups is 1. The van der Waals surface area contributed by atoms with Crippen molar-refractivity contribution in [1.82, 2.24) is 0 Å². The van der Waals surface area contributed by atoms with Gasteiger partial charge in [0.2, 0.25) is 0 Å². The van der Waals surface area contributed by atoms with Crippen LogP contribution in [0, 0.1) is 5.41 Å². The maximum Gasteiger partial charge on any atom is 0.311 e. The molecule has 0 radical (unpaired) electrons. The van der Waals surface area contributed by atoms with Gasteiger partial charge in [0.25, 0.3) is 0 Å². The van der Waals surface area contributed by atoms with E-state index < -0.39 is 48.6 Å². The highest BCUT2D eigenvalue weighted by atomic mass is 16.6. The van der Waals surface area contributed by atoms with Crippen molar-refractivity contribution in [2.24, 2.45) is 10.5 Å². The van der Waals surface area contributed by atoms with Gasteiger partial charge in [-0.1, -0.05) is 65.8 Å². The van der Waals surface area contributed by atoms with Crippen LogP contribution < -0.4 is 0 Å². The van der Waals surface area contributed by atoms with Gasteiger partial charge in [0, 0.05) is 4.91 Å². The standard InChI is InChI=1S/C25H31N3O6/c1-25(2,3)24(30)34-20-19(14-29)33-23(27-28-26)22(32-16-18-12-8-5-9-13-18)21(20)31-15-17-10-6-4-7-11-17/h4-13,19-23,29H,14-16H2,1-3H3/t19-,20-,21+,22-,23?/m1/s1. The smallest absolute Gasteiger partial charge is 0.311 e. The lowest BCUT2D eigenvalue weighted by atomic mass is 9.94. The van der Waals surface area contributed by atoms with Crippen LogP contribution in [-0.2, 0) is 37.0 Å². The second-order valence-electron chi connectivity index (χ2n) is 9.09. The lowest BCUT2D eigenvalue weighted by Gasteiger charge is -2.44. The molecule has 0 aromatic heterocycles. The van der Waals surface area contributed by atoms with E-state index in [0.717, 1.165) is 11.1 Å². The second kappa shape index (κ2) is 12.0. The van der Waals surface area contributed by atoms with E-state index in [1.807, 2.05) is 60.7 Å². The summed E-state index contributed by atoms with van der Waals surface area (Å²) in [6.45, 7) is 5.13. The first kappa shape index (κ1) is 25.7. The van der Waals surface area contributed by atoms with Gasteiger partial charge < -0.3 is 24.1 Å². The lowest BCUT2D eigenvalue weighted by molar-refractivity contribution is -0.264. The van der Waals surface area contributed by atoms with Crippen molar-refractivity contribution in [3.05, 3.63) is 82.2 Å². The number of carbonyl (C=O) groups is 1. The molecule has 1 saturated heterocycles. The minimum atomic E-state index is -1.09. The van der Waals surface area contributed by atoms with Crippen molar-refractivity contribution in [1.29, 1.82) is 0 Å². The van der Waals surface area contributed by atoms with Crippen LogP contribution in [0.25, 0.3) is 10.4 Å². The van der Waals surface area contributed by atoms with E-state index in [4.69, 9.17) is 24.5 Å². The fourth-order valence-electron chi connectivity index (χ4n) is 3.53. The molecule has 1 aliphatic heterocycles. The molecule has 0 amide bonds. The fourth-order valence-corrected chi connectivity index (χ4v) is 3.53. The number of benzene rings is 2. The number of azide groups is 1. The molecule has 0 saturated carbocycles. The molecule has 2 aromatic rings. The molecule has 0 aliphatic carbocycles. The predicted molar refractivity (Wildman–Crippen MR) is 124 cm³/mol. The van der Waals surface area contributed by atoms with E-state index in [2.05, 4.69) is 10.0 Å². The maximum atomic E-state index is 12.8. The summed E-state index contributed by atoms with van der Waals surface area (Å²) in [4.78, 5) is 15.7. The van der Waals surface area contributed by atoms with Crippen LogP contribution >= 0.6 is 0 Å². The molecule has 9 heteroatoms. The van der Waals surface area contributed by atoms with E-state index in [9.17, 15) is 9.90 Å². The summed E-state index contributed by atoms with van der Waals surface area (Å²) in [5.74, 6) is -0.475. The molecule has 1 N–H and O–H groups in total. The number of nitrogens with zero attached hydrogens (tertiary/aromatic N) is 3. The molecule has 0 bridgehead atoms. The summed E-state index contributed by atoms with van der Waals surface area (Å²) in [5, 5.41) is 13.8. The van der Waals surface area contributed by atoms with Crippen LogP contribution in [0.5, 0.6) is 0 Å². The third-order valence-electron chi connectivity index (χ3n) is 5.38. The fraction of sp³-hybridized carbons (Fsp3) is 0.480. The van der Waals surface area contributed by atoms with E-state index in [1.165, 1.54) is 0 Å². The summed E-state index contributed by atoms with van der Waals surface area (Å²) in [6.07, 6.45) is -4.78. The number of rotatable bonds is 9. The molecule has 3 rings (SSSR count). The second-order valence-corrected chi connectivity index (χ2v) is 9.09. The number of esters is 1. The summed E-state index contributed by atoms with van der Waals surface area (Å²) >= 11 is 0. The Bertz CT molecular complexity index is 960. The molecule has 1 fully saturated rings. The first-order valence-corrected chi connectivity index (χ1v) is 11.2. The molecule has 2 aromatic carbocycles. The van der Waals surface area contributed by atoms with Gasteiger partial charge in [0.05, 0.1) is 25.2 Å². The van der Waals surface area contributed by atoms with E-state index >= 15 is 0 Å². The largest absolute Gasteiger partial charge is 0.456 e. The molecular formula is C25H31N3O6. The minimum absolute atomic E-state index is 0.196. The number of aliphatic hydroxyl groups excluding tert-OH is 1. The Morgan fingerprint density at radius 3 is 1.97 bits per heavy atom. The number of ether oxygens (including phenoxy) is 4. The highest BCUT2D eigenvalue weighted by Crippen LogP contribution is 2.32. The average Bonchev–Trinajstić information content (AvgIpc) is 2.83. The van der Waals surface area contributed by atoms with Crippen molar-refractivity contribution < 1.29 is 28.8 Å². The zero-order valence-electron chi connectivity index (χ0n) is 19.6. The number of hydrogen-bond donors (Lipinski definition) is 1. The van der Waals surface area contributed by atoms with Gasteiger partial charge in [-0.15, -0.1) is 0 Å². The molecule has 0 spiro atoms. The van der Waals surface area contributed by atoms with Gasteiger partial charge in [-0.25, -0.2) is 0 Å². The molecule has 1 heterocycles. The third kappa shape index (κ3) is 6.79. The zero-order valence-corrected chi connectivity index (χ0v) is 19.6.